The minimum atomic E-state index is -0.217. The van der Waals surface area contributed by atoms with E-state index in [0.29, 0.717) is 176 Å². The number of rotatable bonds is 40. The van der Waals surface area contributed by atoms with Crippen LogP contribution in [0.5, 0.6) is 0 Å². The average molecular weight is 776 g/mol. The third kappa shape index (κ3) is 33.7. The molecule has 1 aromatic heterocycles. The number of nitrogens with zero attached hydrogens (tertiary/aromatic N) is 2. The Bertz CT molecular complexity index is 1040. The third-order valence-electron chi connectivity index (χ3n) is 6.56. The molecule has 1 aromatic rings. The first-order chi connectivity index (χ1) is 26.5. The molecule has 0 aliphatic rings. The van der Waals surface area contributed by atoms with Crippen molar-refractivity contribution in [3.05, 3.63) is 23.9 Å². The monoisotopic (exact) mass is 775 g/mol. The van der Waals surface area contributed by atoms with Crippen molar-refractivity contribution >= 4 is 23.3 Å². The molecule has 0 bridgehead atoms. The molecule has 18 nitrogen and oxygen atoms in total. The van der Waals surface area contributed by atoms with Crippen molar-refractivity contribution in [1.29, 1.82) is 0 Å². The van der Waals surface area contributed by atoms with Crippen LogP contribution in [0.25, 0.3) is 0 Å². The maximum absolute atomic E-state index is 12.2. The second kappa shape index (κ2) is 38.4. The van der Waals surface area contributed by atoms with Gasteiger partial charge in [0.2, 0.25) is 5.91 Å². The normalized spacial score (nSPS) is 11.1. The van der Waals surface area contributed by atoms with Crippen LogP contribution in [0.15, 0.2) is 23.4 Å². The Hall–Kier alpha value is -2.88. The number of hydrazone groups is 1. The number of anilines is 1. The van der Waals surface area contributed by atoms with Crippen LogP contribution in [0.3, 0.4) is 0 Å². The molecule has 0 saturated carbocycles. The predicted octanol–water partition coefficient (Wildman–Crippen LogP) is 1.33. The molecule has 0 saturated heterocycles. The Morgan fingerprint density at radius 3 is 1.15 bits per heavy atom. The second-order valence-electron chi connectivity index (χ2n) is 11.3. The van der Waals surface area contributed by atoms with E-state index in [2.05, 4.69) is 26.1 Å². The van der Waals surface area contributed by atoms with Crippen LogP contribution in [0.1, 0.15) is 37.6 Å². The molecule has 0 radical (unpaired) electrons. The summed E-state index contributed by atoms with van der Waals surface area (Å²) in [7, 11) is 0. The molecule has 2 amide bonds. The van der Waals surface area contributed by atoms with Crippen LogP contribution in [-0.4, -0.2) is 181 Å². The van der Waals surface area contributed by atoms with Crippen molar-refractivity contribution in [2.24, 2.45) is 5.10 Å². The SMILES string of the molecule is CCC(=O)NCCOCCOCCOCCOCCOCCOCCOCCOCCOCCOCCOCCNC(=O)c1ccc(NN=C(C)C)nc1. The molecule has 0 aliphatic heterocycles. The molecule has 54 heavy (non-hydrogen) atoms. The van der Waals surface area contributed by atoms with E-state index < -0.39 is 0 Å². The summed E-state index contributed by atoms with van der Waals surface area (Å²) < 4.78 is 60.1. The summed E-state index contributed by atoms with van der Waals surface area (Å²) in [4.78, 5) is 27.4. The van der Waals surface area contributed by atoms with Gasteiger partial charge < -0.3 is 62.7 Å². The lowest BCUT2D eigenvalue weighted by atomic mass is 10.2. The summed E-state index contributed by atoms with van der Waals surface area (Å²) in [5.74, 6) is 0.373. The van der Waals surface area contributed by atoms with Crippen molar-refractivity contribution in [2.45, 2.75) is 27.2 Å². The summed E-state index contributed by atoms with van der Waals surface area (Å²) in [6.07, 6.45) is 1.97. The number of amides is 2. The van der Waals surface area contributed by atoms with Crippen molar-refractivity contribution in [2.75, 3.05) is 164 Å². The minimum absolute atomic E-state index is 0.0218. The number of aromatic nitrogens is 1. The number of hydrogen-bond acceptors (Lipinski definition) is 16. The molecule has 18 heteroatoms. The van der Waals surface area contributed by atoms with Gasteiger partial charge in [0.05, 0.1) is 151 Å². The predicted molar refractivity (Wildman–Crippen MR) is 201 cm³/mol. The largest absolute Gasteiger partial charge is 0.377 e. The van der Waals surface area contributed by atoms with E-state index in [1.807, 2.05) is 20.8 Å². The Morgan fingerprint density at radius 2 is 0.852 bits per heavy atom. The van der Waals surface area contributed by atoms with Crippen LogP contribution in [0.2, 0.25) is 0 Å². The standard InChI is InChI=1S/C36H65N5O13/c1-4-35(42)37-7-9-44-11-13-46-15-17-48-19-21-50-23-25-52-27-29-54-30-28-53-26-24-51-22-20-49-18-16-47-14-12-45-10-8-38-36(43)33-5-6-34(39-31-33)41-40-32(2)3/h5-6,31H,4,7-30H2,1-3H3,(H,37,42)(H,38,43)(H,39,41). The van der Waals surface area contributed by atoms with Crippen LogP contribution in [0.4, 0.5) is 5.82 Å². The van der Waals surface area contributed by atoms with Crippen LogP contribution >= 0.6 is 0 Å². The molecule has 1 rings (SSSR count). The Balaban J connectivity index is 1.68. The van der Waals surface area contributed by atoms with Gasteiger partial charge in [-0.15, -0.1) is 0 Å². The highest BCUT2D eigenvalue weighted by molar-refractivity contribution is 5.94. The Kier molecular flexibility index (Phi) is 34.9. The van der Waals surface area contributed by atoms with E-state index in [1.54, 1.807) is 12.1 Å². The van der Waals surface area contributed by atoms with Crippen molar-refractivity contribution < 1.29 is 61.7 Å². The van der Waals surface area contributed by atoms with Gasteiger partial charge in [-0.2, -0.15) is 5.10 Å². The topological polar surface area (TPSA) is 197 Å². The first-order valence-corrected chi connectivity index (χ1v) is 18.7. The minimum Gasteiger partial charge on any atom is -0.377 e. The van der Waals surface area contributed by atoms with Crippen LogP contribution in [0, 0.1) is 0 Å². The van der Waals surface area contributed by atoms with Gasteiger partial charge >= 0.3 is 0 Å². The van der Waals surface area contributed by atoms with E-state index in [0.717, 1.165) is 5.71 Å². The second-order valence-corrected chi connectivity index (χ2v) is 11.3. The molecule has 3 N–H and O–H groups in total. The first-order valence-electron chi connectivity index (χ1n) is 18.7. The molecule has 312 valence electrons. The van der Waals surface area contributed by atoms with Gasteiger partial charge in [-0.1, -0.05) is 6.92 Å². The number of carbonyl (C=O) groups is 2. The van der Waals surface area contributed by atoms with Gasteiger partial charge in [-0.05, 0) is 26.0 Å². The molecule has 0 unspecified atom stereocenters. The molecular formula is C36H65N5O13. The van der Waals surface area contributed by atoms with E-state index in [4.69, 9.17) is 52.1 Å². The van der Waals surface area contributed by atoms with Gasteiger partial charge in [0, 0.05) is 31.4 Å². The fourth-order valence-electron chi connectivity index (χ4n) is 3.79. The fourth-order valence-corrected chi connectivity index (χ4v) is 3.79. The highest BCUT2D eigenvalue weighted by atomic mass is 16.6. The van der Waals surface area contributed by atoms with Crippen LogP contribution in [-0.2, 0) is 56.9 Å². The van der Waals surface area contributed by atoms with E-state index in [1.165, 1.54) is 6.20 Å². The van der Waals surface area contributed by atoms with Gasteiger partial charge in [0.15, 0.2) is 0 Å². The van der Waals surface area contributed by atoms with Gasteiger partial charge in [0.1, 0.15) is 5.82 Å². The third-order valence-corrected chi connectivity index (χ3v) is 6.56. The number of pyridine rings is 1. The number of nitrogens with one attached hydrogen (secondary N) is 3. The van der Waals surface area contributed by atoms with Crippen molar-refractivity contribution in [3.63, 3.8) is 0 Å². The maximum atomic E-state index is 12.2. The van der Waals surface area contributed by atoms with E-state index >= 15 is 0 Å². The Labute approximate surface area is 320 Å². The smallest absolute Gasteiger partial charge is 0.252 e. The zero-order valence-corrected chi connectivity index (χ0v) is 32.6. The molecule has 0 aromatic carbocycles. The Morgan fingerprint density at radius 1 is 0.519 bits per heavy atom. The summed E-state index contributed by atoms with van der Waals surface area (Å²) >= 11 is 0. The average Bonchev–Trinajstić information content (AvgIpc) is 3.18. The molecular weight excluding hydrogens is 710 g/mol. The lowest BCUT2D eigenvalue weighted by Crippen LogP contribution is -2.27. The maximum Gasteiger partial charge on any atom is 0.252 e. The van der Waals surface area contributed by atoms with Crippen LogP contribution < -0.4 is 16.1 Å². The summed E-state index contributed by atoms with van der Waals surface area (Å²) in [6, 6.07) is 3.38. The lowest BCUT2D eigenvalue weighted by molar-refractivity contribution is -0.121. The van der Waals surface area contributed by atoms with Crippen molar-refractivity contribution in [3.8, 4) is 0 Å². The van der Waals surface area contributed by atoms with E-state index in [9.17, 15) is 9.59 Å². The van der Waals surface area contributed by atoms with Gasteiger partial charge in [-0.3, -0.25) is 15.0 Å². The summed E-state index contributed by atoms with van der Waals surface area (Å²) in [6.45, 7) is 16.8. The zero-order chi connectivity index (χ0) is 39.0. The lowest BCUT2D eigenvalue weighted by Gasteiger charge is -2.09. The molecule has 0 atom stereocenters. The molecule has 0 spiro atoms. The summed E-state index contributed by atoms with van der Waals surface area (Å²) in [5.41, 5.74) is 4.15. The van der Waals surface area contributed by atoms with E-state index in [-0.39, 0.29) is 11.8 Å². The molecule has 1 heterocycles. The van der Waals surface area contributed by atoms with Gasteiger partial charge in [0.25, 0.3) is 5.91 Å². The highest BCUT2D eigenvalue weighted by Crippen LogP contribution is 2.05. The number of ether oxygens (including phenoxy) is 11. The fraction of sp³-hybridized carbons (Fsp3) is 0.778. The molecule has 0 aliphatic carbocycles. The number of carbonyl (C=O) groups excluding carboxylic acids is 2. The molecule has 0 fully saturated rings. The zero-order valence-electron chi connectivity index (χ0n) is 32.6. The van der Waals surface area contributed by atoms with Gasteiger partial charge in [-0.25, -0.2) is 4.98 Å². The number of hydrogen-bond donors (Lipinski definition) is 3. The van der Waals surface area contributed by atoms with Crippen molar-refractivity contribution in [1.82, 2.24) is 15.6 Å². The highest BCUT2D eigenvalue weighted by Gasteiger charge is 2.05. The quantitative estimate of drug-likeness (QED) is 0.0490. The first kappa shape index (κ1) is 49.1. The summed E-state index contributed by atoms with van der Waals surface area (Å²) in [5, 5.41) is 9.60.